The molecule has 0 bridgehead atoms. The Balaban J connectivity index is 1.48. The maximum absolute atomic E-state index is 12.2. The summed E-state index contributed by atoms with van der Waals surface area (Å²) in [7, 11) is 0. The van der Waals surface area contributed by atoms with Crippen LogP contribution >= 0.6 is 62.1 Å². The second kappa shape index (κ2) is 10.3. The predicted molar refractivity (Wildman–Crippen MR) is 118 cm³/mol. The number of hydrogen-bond donors (Lipinski definition) is 2. The molecule has 0 fully saturated rings. The predicted octanol–water partition coefficient (Wildman–Crippen LogP) is 4.25. The number of anilines is 2. The zero-order valence-corrected chi connectivity index (χ0v) is 19.2. The Morgan fingerprint density at radius 2 is 1.71 bits per heavy atom. The fraction of sp³-hybridized carbons (Fsp3) is 0.200. The molecule has 1 aromatic carbocycles. The number of nitrogens with zero attached hydrogens (tertiary/aromatic N) is 4. The molecule has 2 amide bonds. The first-order chi connectivity index (χ1) is 13.5. The number of carbonyl (C=O) groups excluding carboxylic acids is 2. The molecule has 0 spiro atoms. The van der Waals surface area contributed by atoms with Crippen molar-refractivity contribution in [3.63, 3.8) is 0 Å². The van der Waals surface area contributed by atoms with E-state index < -0.39 is 0 Å². The fourth-order valence-corrected chi connectivity index (χ4v) is 5.45. The smallest absolute Gasteiger partial charge is 0.257 e. The number of aromatic nitrogens is 4. The molecule has 3 aromatic rings. The third-order valence-corrected chi connectivity index (χ3v) is 7.28. The average molecular weight is 517 g/mol. The van der Waals surface area contributed by atoms with Gasteiger partial charge in [0.2, 0.25) is 16.2 Å². The molecule has 0 atom stereocenters. The van der Waals surface area contributed by atoms with Gasteiger partial charge in [0.1, 0.15) is 0 Å². The van der Waals surface area contributed by atoms with Gasteiger partial charge in [-0.25, -0.2) is 0 Å². The van der Waals surface area contributed by atoms with Crippen LogP contribution in [0.3, 0.4) is 0 Å². The Hall–Kier alpha value is -1.54. The summed E-state index contributed by atoms with van der Waals surface area (Å²) in [5.74, 6) is 0.577. The molecule has 0 radical (unpaired) electrons. The number of rotatable bonds is 8. The monoisotopic (exact) mass is 516 g/mol. The molecule has 28 heavy (non-hydrogen) atoms. The molecule has 0 saturated carbocycles. The molecular weight excluding hydrogens is 504 g/mol. The van der Waals surface area contributed by atoms with E-state index in [1.165, 1.54) is 34.4 Å². The molecule has 2 heterocycles. The molecule has 146 valence electrons. The Kier molecular flexibility index (Phi) is 7.79. The number of hydrogen-bond acceptors (Lipinski definition) is 10. The van der Waals surface area contributed by atoms with Crippen LogP contribution in [0, 0.1) is 0 Å². The highest BCUT2D eigenvalue weighted by Gasteiger charge is 2.13. The van der Waals surface area contributed by atoms with Gasteiger partial charge < -0.3 is 0 Å². The summed E-state index contributed by atoms with van der Waals surface area (Å²) in [6.07, 6.45) is 0. The fourth-order valence-electron chi connectivity index (χ4n) is 1.84. The van der Waals surface area contributed by atoms with Crippen molar-refractivity contribution in [3.8, 4) is 0 Å². The van der Waals surface area contributed by atoms with Gasteiger partial charge in [0, 0.05) is 10.0 Å². The van der Waals surface area contributed by atoms with E-state index in [1.807, 2.05) is 13.0 Å². The van der Waals surface area contributed by atoms with Crippen LogP contribution < -0.4 is 10.6 Å². The van der Waals surface area contributed by atoms with E-state index in [0.29, 0.717) is 20.2 Å². The van der Waals surface area contributed by atoms with Crippen LogP contribution in [0.15, 0.2) is 37.4 Å². The lowest BCUT2D eigenvalue weighted by molar-refractivity contribution is -0.113. The first-order valence-corrected chi connectivity index (χ1v) is 12.2. The van der Waals surface area contributed by atoms with Crippen LogP contribution in [-0.2, 0) is 4.79 Å². The molecule has 13 heteroatoms. The van der Waals surface area contributed by atoms with Crippen LogP contribution in [0.4, 0.5) is 10.3 Å². The first kappa shape index (κ1) is 21.2. The summed E-state index contributed by atoms with van der Waals surface area (Å²) >= 11 is 8.69. The van der Waals surface area contributed by atoms with Gasteiger partial charge >= 0.3 is 0 Å². The Labute approximate surface area is 185 Å². The second-order valence-electron chi connectivity index (χ2n) is 4.98. The molecule has 0 aliphatic rings. The number of halogens is 1. The van der Waals surface area contributed by atoms with E-state index in [1.54, 1.807) is 30.0 Å². The van der Waals surface area contributed by atoms with Crippen molar-refractivity contribution in [2.75, 3.05) is 22.1 Å². The van der Waals surface area contributed by atoms with E-state index in [0.717, 1.165) is 14.6 Å². The van der Waals surface area contributed by atoms with Crippen LogP contribution in [0.1, 0.15) is 17.3 Å². The largest absolute Gasteiger partial charge is 0.300 e. The van der Waals surface area contributed by atoms with Crippen molar-refractivity contribution in [1.29, 1.82) is 0 Å². The summed E-state index contributed by atoms with van der Waals surface area (Å²) in [6.45, 7) is 2.03. The Morgan fingerprint density at radius 1 is 1.04 bits per heavy atom. The number of amides is 2. The zero-order chi connectivity index (χ0) is 19.9. The molecule has 0 saturated heterocycles. The van der Waals surface area contributed by atoms with Gasteiger partial charge in [-0.15, -0.1) is 20.4 Å². The van der Waals surface area contributed by atoms with Crippen molar-refractivity contribution in [1.82, 2.24) is 20.4 Å². The normalized spacial score (nSPS) is 10.6. The molecule has 0 aliphatic carbocycles. The average Bonchev–Trinajstić information content (AvgIpc) is 3.30. The minimum atomic E-state index is -0.274. The molecule has 2 aromatic heterocycles. The summed E-state index contributed by atoms with van der Waals surface area (Å²) < 4.78 is 2.22. The highest BCUT2D eigenvalue weighted by atomic mass is 79.9. The van der Waals surface area contributed by atoms with Gasteiger partial charge in [-0.2, -0.15) is 0 Å². The zero-order valence-electron chi connectivity index (χ0n) is 14.3. The maximum Gasteiger partial charge on any atom is 0.257 e. The van der Waals surface area contributed by atoms with Gasteiger partial charge in [-0.3, -0.25) is 20.2 Å². The minimum Gasteiger partial charge on any atom is -0.300 e. The van der Waals surface area contributed by atoms with Crippen molar-refractivity contribution >= 4 is 84.2 Å². The molecule has 2 N–H and O–H groups in total. The molecular formula is C15H13BrN6O2S4. The number of nitrogens with one attached hydrogen (secondary N) is 2. The van der Waals surface area contributed by atoms with Crippen LogP contribution in [-0.4, -0.2) is 43.7 Å². The Bertz CT molecular complexity index is 979. The van der Waals surface area contributed by atoms with Gasteiger partial charge in [-0.1, -0.05) is 75.1 Å². The SMILES string of the molecule is CCSc1nnc(NC(=O)CSc2nnc(NC(=O)c3cccc(Br)c3)s2)s1. The summed E-state index contributed by atoms with van der Waals surface area (Å²) in [5.41, 5.74) is 0.510. The van der Waals surface area contributed by atoms with Crippen molar-refractivity contribution in [3.05, 3.63) is 34.3 Å². The van der Waals surface area contributed by atoms with Gasteiger partial charge in [-0.05, 0) is 24.0 Å². The summed E-state index contributed by atoms with van der Waals surface area (Å²) in [5, 5.41) is 22.1. The van der Waals surface area contributed by atoms with Crippen molar-refractivity contribution in [2.24, 2.45) is 0 Å². The molecule has 3 rings (SSSR count). The lowest BCUT2D eigenvalue weighted by atomic mass is 10.2. The van der Waals surface area contributed by atoms with Gasteiger partial charge in [0.05, 0.1) is 5.75 Å². The molecule has 0 aliphatic heterocycles. The maximum atomic E-state index is 12.2. The lowest BCUT2D eigenvalue weighted by Gasteiger charge is -2.01. The highest BCUT2D eigenvalue weighted by Crippen LogP contribution is 2.27. The number of thioether (sulfide) groups is 2. The number of benzene rings is 1. The van der Waals surface area contributed by atoms with E-state index in [9.17, 15) is 9.59 Å². The topological polar surface area (TPSA) is 110 Å². The molecule has 0 unspecified atom stereocenters. The van der Waals surface area contributed by atoms with Crippen LogP contribution in [0.5, 0.6) is 0 Å². The van der Waals surface area contributed by atoms with E-state index >= 15 is 0 Å². The Morgan fingerprint density at radius 3 is 2.39 bits per heavy atom. The van der Waals surface area contributed by atoms with Crippen molar-refractivity contribution < 1.29 is 9.59 Å². The van der Waals surface area contributed by atoms with E-state index in [4.69, 9.17) is 0 Å². The first-order valence-electron chi connectivity index (χ1n) is 7.83. The van der Waals surface area contributed by atoms with Crippen molar-refractivity contribution in [2.45, 2.75) is 15.6 Å². The quantitative estimate of drug-likeness (QED) is 0.337. The highest BCUT2D eigenvalue weighted by molar-refractivity contribution is 9.10. The van der Waals surface area contributed by atoms with Gasteiger partial charge in [0.25, 0.3) is 5.91 Å². The summed E-state index contributed by atoms with van der Waals surface area (Å²) in [6, 6.07) is 7.04. The van der Waals surface area contributed by atoms with Crippen LogP contribution in [0.2, 0.25) is 0 Å². The van der Waals surface area contributed by atoms with Gasteiger partial charge in [0.15, 0.2) is 8.68 Å². The minimum absolute atomic E-state index is 0.157. The van der Waals surface area contributed by atoms with Crippen LogP contribution in [0.25, 0.3) is 0 Å². The third kappa shape index (κ3) is 6.24. The van der Waals surface area contributed by atoms with E-state index in [-0.39, 0.29) is 17.6 Å². The second-order valence-corrected chi connectivity index (χ2v) is 10.6. The van der Waals surface area contributed by atoms with E-state index in [2.05, 4.69) is 47.0 Å². The summed E-state index contributed by atoms with van der Waals surface area (Å²) in [4.78, 5) is 24.3. The third-order valence-electron chi connectivity index (χ3n) is 2.96. The number of carbonyl (C=O) groups is 2. The lowest BCUT2D eigenvalue weighted by Crippen LogP contribution is -2.13. The molecule has 8 nitrogen and oxygen atoms in total. The standard InChI is InChI=1S/C15H13BrN6O2S4/c1-2-25-14-21-19-12(27-14)17-10(23)7-26-15-22-20-13(28-15)18-11(24)8-4-3-5-9(16)6-8/h3-6H,2,7H2,1H3,(H,17,19,23)(H,18,20,24).